The second kappa shape index (κ2) is 14.2. The fourth-order valence-corrected chi connectivity index (χ4v) is 4.61. The fraction of sp³-hybridized carbons (Fsp3) is 0.607. The number of unbranched alkanes of at least 4 members (excludes halogenated alkanes) is 1. The number of methoxy groups -OCH3 is 1. The summed E-state index contributed by atoms with van der Waals surface area (Å²) in [6, 6.07) is -0.354. The molecular weight excluding hydrogens is 490 g/mol. The highest BCUT2D eigenvalue weighted by Gasteiger charge is 2.32. The lowest BCUT2D eigenvalue weighted by Gasteiger charge is -2.26. The molecule has 1 aromatic rings. The van der Waals surface area contributed by atoms with E-state index in [1.165, 1.54) is 4.90 Å². The van der Waals surface area contributed by atoms with Gasteiger partial charge in [0, 0.05) is 44.7 Å². The number of nitrogens with zero attached hydrogens (tertiary/aromatic N) is 2. The highest BCUT2D eigenvalue weighted by atomic mass is 16.5. The Morgan fingerprint density at radius 3 is 2.58 bits per heavy atom. The molecule has 0 aliphatic carbocycles. The molecule has 1 N–H and O–H groups in total. The molecule has 0 aromatic heterocycles. The molecule has 38 heavy (non-hydrogen) atoms. The minimum atomic E-state index is -0.463. The summed E-state index contributed by atoms with van der Waals surface area (Å²) < 4.78 is 21.8. The van der Waals surface area contributed by atoms with Crippen molar-refractivity contribution in [1.29, 1.82) is 0 Å². The molecule has 2 aliphatic rings. The molecule has 0 unspecified atom stereocenters. The zero-order chi connectivity index (χ0) is 27.7. The van der Waals surface area contributed by atoms with Crippen molar-refractivity contribution in [1.82, 2.24) is 9.80 Å². The number of hydrogen-bond donors (Lipinski definition) is 1. The average Bonchev–Trinajstić information content (AvgIpc) is 3.29. The highest BCUT2D eigenvalue weighted by molar-refractivity contribution is 6.05. The quantitative estimate of drug-likeness (QED) is 0.247. The molecule has 2 amide bonds. The smallest absolute Gasteiger partial charge is 0.341 e. The lowest BCUT2D eigenvalue weighted by molar-refractivity contribution is -0.143. The first-order valence-corrected chi connectivity index (χ1v) is 13.2. The van der Waals surface area contributed by atoms with E-state index in [2.05, 4.69) is 10.2 Å². The third-order valence-corrected chi connectivity index (χ3v) is 6.93. The Hall–Kier alpha value is -3.11. The molecule has 0 spiro atoms. The predicted octanol–water partition coefficient (Wildman–Crippen LogP) is 3.69. The number of hydrogen-bond acceptors (Lipinski definition) is 8. The van der Waals surface area contributed by atoms with Crippen LogP contribution in [0.15, 0.2) is 11.6 Å². The van der Waals surface area contributed by atoms with Gasteiger partial charge in [0.1, 0.15) is 12.4 Å². The third kappa shape index (κ3) is 7.70. The van der Waals surface area contributed by atoms with Crippen molar-refractivity contribution in [3.8, 4) is 5.75 Å². The van der Waals surface area contributed by atoms with E-state index in [4.69, 9.17) is 18.9 Å². The maximum atomic E-state index is 12.6. The van der Waals surface area contributed by atoms with Crippen molar-refractivity contribution in [3.05, 3.63) is 33.9 Å². The molecule has 2 heterocycles. The van der Waals surface area contributed by atoms with Crippen molar-refractivity contribution in [2.45, 2.75) is 52.6 Å². The van der Waals surface area contributed by atoms with Gasteiger partial charge in [-0.05, 0) is 51.6 Å². The third-order valence-electron chi connectivity index (χ3n) is 6.93. The number of benzene rings is 1. The summed E-state index contributed by atoms with van der Waals surface area (Å²) in [5, 5.41) is 2.86. The van der Waals surface area contributed by atoms with Crippen molar-refractivity contribution in [2.75, 3.05) is 66.0 Å². The predicted molar refractivity (Wildman–Crippen MR) is 144 cm³/mol. The number of esters is 2. The van der Waals surface area contributed by atoms with E-state index in [-0.39, 0.29) is 18.6 Å². The zero-order valence-corrected chi connectivity index (χ0v) is 23.3. The molecule has 1 fully saturated rings. The maximum Gasteiger partial charge on any atom is 0.341 e. The number of carbonyl (C=O) groups excluding carboxylic acids is 3. The van der Waals surface area contributed by atoms with Gasteiger partial charge in [-0.15, -0.1) is 0 Å². The monoisotopic (exact) mass is 531 g/mol. The second-order valence-corrected chi connectivity index (χ2v) is 9.90. The van der Waals surface area contributed by atoms with E-state index in [1.807, 2.05) is 19.9 Å². The first-order valence-electron chi connectivity index (χ1n) is 13.2. The summed E-state index contributed by atoms with van der Waals surface area (Å²) in [4.78, 5) is 41.1. The van der Waals surface area contributed by atoms with E-state index in [0.29, 0.717) is 48.4 Å². The van der Waals surface area contributed by atoms with Gasteiger partial charge in [-0.3, -0.25) is 9.69 Å². The number of ether oxygens (including phenoxy) is 4. The van der Waals surface area contributed by atoms with Crippen LogP contribution in [0.1, 0.15) is 59.7 Å². The van der Waals surface area contributed by atoms with Gasteiger partial charge < -0.3 is 29.2 Å². The number of anilines is 1. The SMILES string of the molecule is COc1c(C)c2c(c(NC(=O)N(C)C)c1C/C=C(\C)CCC(=O)OCCCCN1CCOCC1)C(=O)OC2. The molecule has 1 aromatic carbocycles. The number of nitrogens with one attached hydrogen (secondary N) is 1. The Labute approximate surface area is 225 Å². The molecule has 10 heteroatoms. The Morgan fingerprint density at radius 2 is 1.89 bits per heavy atom. The summed E-state index contributed by atoms with van der Waals surface area (Å²) in [5.41, 5.74) is 4.01. The summed E-state index contributed by atoms with van der Waals surface area (Å²) >= 11 is 0. The number of fused-ring (bicyclic) bond motifs is 1. The molecule has 0 radical (unpaired) electrons. The van der Waals surface area contributed by atoms with Crippen LogP contribution in [0.5, 0.6) is 5.75 Å². The van der Waals surface area contributed by atoms with Crippen LogP contribution in [-0.2, 0) is 32.0 Å². The number of morpholine rings is 1. The Bertz CT molecular complexity index is 1050. The molecule has 3 rings (SSSR count). The Kier molecular flexibility index (Phi) is 11.0. The minimum Gasteiger partial charge on any atom is -0.496 e. The zero-order valence-electron chi connectivity index (χ0n) is 23.3. The van der Waals surface area contributed by atoms with Crippen molar-refractivity contribution < 1.29 is 33.3 Å². The standard InChI is InChI=1S/C28H41N3O7/c1-19(9-11-23(32)37-15-7-6-12-31-13-16-36-17-14-31)8-10-21-25(29-28(34)30(3)4)24-22(18-38-27(24)33)20(2)26(21)35-5/h8H,6-7,9-18H2,1-5H3,(H,29,34)/b19-8+. The molecule has 1 saturated heterocycles. The van der Waals surface area contributed by atoms with Crippen LogP contribution in [0, 0.1) is 6.92 Å². The number of urea groups is 1. The summed E-state index contributed by atoms with van der Waals surface area (Å²) in [7, 11) is 4.83. The van der Waals surface area contributed by atoms with E-state index in [0.717, 1.165) is 62.4 Å². The number of rotatable bonds is 12. The average molecular weight is 532 g/mol. The first-order chi connectivity index (χ1) is 18.2. The maximum absolute atomic E-state index is 12.6. The van der Waals surface area contributed by atoms with E-state index < -0.39 is 5.97 Å². The van der Waals surface area contributed by atoms with Gasteiger partial charge >= 0.3 is 18.0 Å². The van der Waals surface area contributed by atoms with E-state index >= 15 is 0 Å². The molecule has 0 atom stereocenters. The summed E-state index contributed by atoms with van der Waals surface area (Å²) in [6.45, 7) is 8.94. The first kappa shape index (κ1) is 29.4. The number of carbonyl (C=O) groups is 3. The molecular formula is C28H41N3O7. The van der Waals surface area contributed by atoms with Gasteiger partial charge in [0.15, 0.2) is 0 Å². The van der Waals surface area contributed by atoms with Gasteiger partial charge in [0.05, 0.1) is 38.2 Å². The van der Waals surface area contributed by atoms with Crippen molar-refractivity contribution in [3.63, 3.8) is 0 Å². The molecule has 0 bridgehead atoms. The van der Waals surface area contributed by atoms with Crippen LogP contribution >= 0.6 is 0 Å². The molecule has 10 nitrogen and oxygen atoms in total. The summed E-state index contributed by atoms with van der Waals surface area (Å²) in [5.74, 6) is -0.0668. The Balaban J connectivity index is 1.58. The normalized spacial score (nSPS) is 15.6. The molecule has 0 saturated carbocycles. The summed E-state index contributed by atoms with van der Waals surface area (Å²) in [6.07, 6.45) is 5.09. The molecule has 210 valence electrons. The Morgan fingerprint density at radius 1 is 1.16 bits per heavy atom. The van der Waals surface area contributed by atoms with Crippen LogP contribution in [0.4, 0.5) is 10.5 Å². The van der Waals surface area contributed by atoms with Gasteiger partial charge in [0.2, 0.25) is 0 Å². The fourth-order valence-electron chi connectivity index (χ4n) is 4.61. The van der Waals surface area contributed by atoms with Crippen LogP contribution in [0.2, 0.25) is 0 Å². The van der Waals surface area contributed by atoms with Gasteiger partial charge in [-0.25, -0.2) is 9.59 Å². The topological polar surface area (TPSA) is 107 Å². The van der Waals surface area contributed by atoms with Gasteiger partial charge in [-0.2, -0.15) is 0 Å². The second-order valence-electron chi connectivity index (χ2n) is 9.90. The lowest BCUT2D eigenvalue weighted by atomic mass is 9.93. The number of amides is 2. The van der Waals surface area contributed by atoms with E-state index in [9.17, 15) is 14.4 Å². The van der Waals surface area contributed by atoms with Crippen LogP contribution in [0.25, 0.3) is 0 Å². The van der Waals surface area contributed by atoms with Gasteiger partial charge in [0.25, 0.3) is 0 Å². The van der Waals surface area contributed by atoms with Crippen LogP contribution in [-0.4, -0.2) is 88.4 Å². The van der Waals surface area contributed by atoms with Crippen LogP contribution < -0.4 is 10.1 Å². The van der Waals surface area contributed by atoms with Crippen LogP contribution in [0.3, 0.4) is 0 Å². The largest absolute Gasteiger partial charge is 0.496 e. The van der Waals surface area contributed by atoms with Crippen molar-refractivity contribution in [2.24, 2.45) is 0 Å². The van der Waals surface area contributed by atoms with Crippen molar-refractivity contribution >= 4 is 23.7 Å². The van der Waals surface area contributed by atoms with Gasteiger partial charge in [-0.1, -0.05) is 11.6 Å². The minimum absolute atomic E-state index is 0.145. The highest BCUT2D eigenvalue weighted by Crippen LogP contribution is 2.41. The number of allylic oxidation sites excluding steroid dienone is 2. The van der Waals surface area contributed by atoms with E-state index in [1.54, 1.807) is 21.2 Å². The number of cyclic esters (lactones) is 1. The lowest BCUT2D eigenvalue weighted by Crippen LogP contribution is -2.36. The molecule has 2 aliphatic heterocycles.